The number of methoxy groups -OCH3 is 1. The first kappa shape index (κ1) is 24.6. The zero-order valence-corrected chi connectivity index (χ0v) is 21.0. The molecule has 1 heterocycles. The van der Waals surface area contributed by atoms with Crippen LogP contribution < -0.4 is 10.1 Å². The second kappa shape index (κ2) is 10.8. The number of sulfonamides is 1. The van der Waals surface area contributed by atoms with Crippen molar-refractivity contribution in [3.05, 3.63) is 94.8 Å². The first-order valence-corrected chi connectivity index (χ1v) is 13.2. The zero-order valence-electron chi connectivity index (χ0n) is 19.3. The van der Waals surface area contributed by atoms with Crippen molar-refractivity contribution in [3.8, 4) is 17.0 Å². The minimum atomic E-state index is -3.95. The average molecular weight is 508 g/mol. The van der Waals surface area contributed by atoms with Crippen LogP contribution in [0.4, 0.5) is 5.69 Å². The van der Waals surface area contributed by atoms with Crippen molar-refractivity contribution >= 4 is 33.0 Å². The maximum atomic E-state index is 13.5. The van der Waals surface area contributed by atoms with Crippen LogP contribution in [0.3, 0.4) is 0 Å². The Kier molecular flexibility index (Phi) is 7.60. The lowest BCUT2D eigenvalue weighted by atomic mass is 10.1. The van der Waals surface area contributed by atoms with E-state index in [1.807, 2.05) is 60.8 Å². The summed E-state index contributed by atoms with van der Waals surface area (Å²) in [5.41, 5.74) is 3.05. The first-order valence-electron chi connectivity index (χ1n) is 10.9. The lowest BCUT2D eigenvalue weighted by molar-refractivity contribution is -0.116. The molecule has 0 unspecified atom stereocenters. The van der Waals surface area contributed by atoms with Gasteiger partial charge in [0.05, 0.1) is 29.3 Å². The summed E-state index contributed by atoms with van der Waals surface area (Å²) in [4.78, 5) is 17.6. The van der Waals surface area contributed by atoms with Gasteiger partial charge in [-0.25, -0.2) is 13.4 Å². The summed E-state index contributed by atoms with van der Waals surface area (Å²) in [6, 6.07) is 22.6. The number of hydrogen-bond donors (Lipinski definition) is 1. The largest absolute Gasteiger partial charge is 0.497 e. The number of nitrogens with one attached hydrogen (secondary N) is 1. The summed E-state index contributed by atoms with van der Waals surface area (Å²) in [6.45, 7) is 1.65. The molecular formula is C26H25N3O4S2. The van der Waals surface area contributed by atoms with Gasteiger partial charge >= 0.3 is 0 Å². The highest BCUT2D eigenvalue weighted by Gasteiger charge is 2.27. The van der Waals surface area contributed by atoms with Gasteiger partial charge in [0.25, 0.3) is 0 Å². The van der Waals surface area contributed by atoms with E-state index in [2.05, 4.69) is 10.3 Å². The van der Waals surface area contributed by atoms with Gasteiger partial charge in [-0.2, -0.15) is 4.31 Å². The molecule has 0 spiro atoms. The number of ether oxygens (including phenoxy) is 1. The van der Waals surface area contributed by atoms with Crippen molar-refractivity contribution in [2.75, 3.05) is 19.0 Å². The number of carbonyl (C=O) groups excluding carboxylic acids is 1. The molecule has 9 heteroatoms. The van der Waals surface area contributed by atoms with E-state index in [1.165, 1.54) is 23.5 Å². The van der Waals surface area contributed by atoms with E-state index in [0.29, 0.717) is 11.4 Å². The van der Waals surface area contributed by atoms with Gasteiger partial charge in [-0.3, -0.25) is 4.79 Å². The molecule has 0 radical (unpaired) electrons. The van der Waals surface area contributed by atoms with Crippen LogP contribution >= 0.6 is 11.3 Å². The van der Waals surface area contributed by atoms with Gasteiger partial charge in [0, 0.05) is 23.2 Å². The minimum Gasteiger partial charge on any atom is -0.497 e. The number of hydrogen-bond acceptors (Lipinski definition) is 6. The summed E-state index contributed by atoms with van der Waals surface area (Å²) in [5.74, 6) is 0.108. The van der Waals surface area contributed by atoms with Gasteiger partial charge in [0.15, 0.2) is 0 Å². The molecule has 1 N–H and O–H groups in total. The number of benzene rings is 3. The highest BCUT2D eigenvalue weighted by Crippen LogP contribution is 2.25. The third kappa shape index (κ3) is 6.13. The van der Waals surface area contributed by atoms with Gasteiger partial charge in [-0.1, -0.05) is 42.5 Å². The van der Waals surface area contributed by atoms with Crippen LogP contribution in [-0.4, -0.2) is 37.3 Å². The fourth-order valence-electron chi connectivity index (χ4n) is 3.52. The molecule has 0 atom stereocenters. The number of aromatic nitrogens is 1. The highest BCUT2D eigenvalue weighted by molar-refractivity contribution is 7.89. The predicted octanol–water partition coefficient (Wildman–Crippen LogP) is 4.96. The lowest BCUT2D eigenvalue weighted by Crippen LogP contribution is -2.37. The van der Waals surface area contributed by atoms with Crippen molar-refractivity contribution in [2.24, 2.45) is 0 Å². The monoisotopic (exact) mass is 507 g/mol. The van der Waals surface area contributed by atoms with Crippen LogP contribution in [0.25, 0.3) is 11.3 Å². The third-order valence-corrected chi connectivity index (χ3v) is 7.86. The molecule has 4 rings (SSSR count). The molecular weight excluding hydrogens is 482 g/mol. The van der Waals surface area contributed by atoms with Crippen molar-refractivity contribution < 1.29 is 17.9 Å². The Bertz CT molecular complexity index is 1400. The molecule has 0 bridgehead atoms. The molecule has 0 fully saturated rings. The third-order valence-electron chi connectivity index (χ3n) is 5.28. The molecule has 1 amide bonds. The van der Waals surface area contributed by atoms with Crippen LogP contribution in [0.2, 0.25) is 0 Å². The second-order valence-electron chi connectivity index (χ2n) is 7.81. The zero-order chi connectivity index (χ0) is 24.8. The molecule has 7 nitrogen and oxygen atoms in total. The number of thiazole rings is 1. The maximum Gasteiger partial charge on any atom is 0.243 e. The topological polar surface area (TPSA) is 88.6 Å². The number of aryl methyl sites for hydroxylation is 1. The van der Waals surface area contributed by atoms with Crippen LogP contribution in [0, 0.1) is 6.92 Å². The summed E-state index contributed by atoms with van der Waals surface area (Å²) in [5, 5.41) is 5.74. The predicted molar refractivity (Wildman–Crippen MR) is 138 cm³/mol. The molecule has 0 aliphatic heterocycles. The Morgan fingerprint density at radius 1 is 1.03 bits per heavy atom. The van der Waals surface area contributed by atoms with E-state index in [9.17, 15) is 13.2 Å². The first-order chi connectivity index (χ1) is 16.8. The van der Waals surface area contributed by atoms with Gasteiger partial charge < -0.3 is 10.1 Å². The summed E-state index contributed by atoms with van der Waals surface area (Å²) in [6.07, 6.45) is 0. The molecule has 0 saturated heterocycles. The fourth-order valence-corrected chi connectivity index (χ4v) is 5.53. The number of anilines is 1. The highest BCUT2D eigenvalue weighted by atomic mass is 32.2. The molecule has 0 aliphatic carbocycles. The summed E-state index contributed by atoms with van der Waals surface area (Å²) >= 11 is 1.55. The number of nitrogens with zero attached hydrogens (tertiary/aromatic N) is 2. The molecule has 0 saturated carbocycles. The quantitative estimate of drug-likeness (QED) is 0.346. The average Bonchev–Trinajstić information content (AvgIpc) is 3.31. The normalized spacial score (nSPS) is 11.4. The lowest BCUT2D eigenvalue weighted by Gasteiger charge is -2.22. The molecule has 4 aromatic rings. The Balaban J connectivity index is 1.56. The van der Waals surface area contributed by atoms with Crippen LogP contribution in [0.5, 0.6) is 5.75 Å². The number of amides is 1. The van der Waals surface area contributed by atoms with Crippen molar-refractivity contribution in [2.45, 2.75) is 18.4 Å². The molecule has 3 aromatic carbocycles. The van der Waals surface area contributed by atoms with E-state index < -0.39 is 15.9 Å². The second-order valence-corrected chi connectivity index (χ2v) is 10.8. The molecule has 35 heavy (non-hydrogen) atoms. The molecule has 180 valence electrons. The van der Waals surface area contributed by atoms with Crippen LogP contribution in [0.1, 0.15) is 10.6 Å². The Labute approximate surface area is 209 Å². The van der Waals surface area contributed by atoms with Gasteiger partial charge in [-0.05, 0) is 48.9 Å². The van der Waals surface area contributed by atoms with E-state index >= 15 is 0 Å². The molecule has 0 aliphatic rings. The van der Waals surface area contributed by atoms with E-state index in [1.54, 1.807) is 29.5 Å². The van der Waals surface area contributed by atoms with Crippen LogP contribution in [0.15, 0.2) is 89.1 Å². The Hall–Kier alpha value is -3.53. The van der Waals surface area contributed by atoms with Crippen LogP contribution in [-0.2, 0) is 21.4 Å². The number of rotatable bonds is 9. The summed E-state index contributed by atoms with van der Waals surface area (Å²) in [7, 11) is -2.44. The minimum absolute atomic E-state index is 0.0563. The smallest absolute Gasteiger partial charge is 0.243 e. The summed E-state index contributed by atoms with van der Waals surface area (Å²) < 4.78 is 33.2. The van der Waals surface area contributed by atoms with Gasteiger partial charge in [0.1, 0.15) is 5.75 Å². The van der Waals surface area contributed by atoms with E-state index in [0.717, 1.165) is 21.8 Å². The Morgan fingerprint density at radius 3 is 2.43 bits per heavy atom. The Morgan fingerprint density at radius 2 is 1.77 bits per heavy atom. The fraction of sp³-hybridized carbons (Fsp3) is 0.154. The SMILES string of the molecule is COc1ccc(S(=O)(=O)N(CC(=O)Nc2cccc(-c3csc(C)n3)c2)Cc2ccccc2)cc1. The maximum absolute atomic E-state index is 13.5. The van der Waals surface area contributed by atoms with E-state index in [-0.39, 0.29) is 18.0 Å². The van der Waals surface area contributed by atoms with Gasteiger partial charge in [-0.15, -0.1) is 11.3 Å². The van der Waals surface area contributed by atoms with Crippen molar-refractivity contribution in [1.29, 1.82) is 0 Å². The standard InChI is InChI=1S/C26H25N3O4S2/c1-19-27-25(18-34-19)21-9-6-10-22(15-21)28-26(30)17-29(16-20-7-4-3-5-8-20)35(31,32)24-13-11-23(33-2)12-14-24/h3-15,18H,16-17H2,1-2H3,(H,28,30). The van der Waals surface area contributed by atoms with Crippen molar-refractivity contribution in [3.63, 3.8) is 0 Å². The molecule has 1 aromatic heterocycles. The number of carbonyl (C=O) groups is 1. The van der Waals surface area contributed by atoms with Gasteiger partial charge in [0.2, 0.25) is 15.9 Å². The van der Waals surface area contributed by atoms with E-state index in [4.69, 9.17) is 4.74 Å². The van der Waals surface area contributed by atoms with Crippen molar-refractivity contribution in [1.82, 2.24) is 9.29 Å².